The fraction of sp³-hybridized carbons (Fsp3) is 0.167. The Morgan fingerprint density at radius 2 is 1.68 bits per heavy atom. The number of rotatable bonds is 5. The van der Waals surface area contributed by atoms with Crippen molar-refractivity contribution in [1.82, 2.24) is 0 Å². The quantitative estimate of drug-likeness (QED) is 0.726. The lowest BCUT2D eigenvalue weighted by Crippen LogP contribution is -2.29. The van der Waals surface area contributed by atoms with Crippen molar-refractivity contribution in [2.45, 2.75) is 13.1 Å². The maximum atomic E-state index is 12.2. The molecule has 0 aliphatic heterocycles. The molecule has 0 fully saturated rings. The molecule has 0 unspecified atom stereocenters. The SMILES string of the molecule is Cc1c(Cl)cccc1NC(=O)COC(=O)c1ccc(NC(=O)C(F)(F)F)cc1. The highest BCUT2D eigenvalue weighted by atomic mass is 35.5. The molecule has 2 N–H and O–H groups in total. The maximum Gasteiger partial charge on any atom is 0.471 e. The number of anilines is 2. The smallest absolute Gasteiger partial charge is 0.452 e. The van der Waals surface area contributed by atoms with Crippen LogP contribution in [0.3, 0.4) is 0 Å². The Labute approximate surface area is 162 Å². The van der Waals surface area contributed by atoms with Crippen LogP contribution in [0.25, 0.3) is 0 Å². The summed E-state index contributed by atoms with van der Waals surface area (Å²) in [7, 11) is 0. The van der Waals surface area contributed by atoms with Gasteiger partial charge in [-0.15, -0.1) is 0 Å². The van der Waals surface area contributed by atoms with Crippen molar-refractivity contribution in [3.8, 4) is 0 Å². The zero-order valence-electron chi connectivity index (χ0n) is 14.4. The maximum absolute atomic E-state index is 12.2. The number of ether oxygens (including phenoxy) is 1. The number of carbonyl (C=O) groups is 3. The first kappa shape index (κ1) is 21.2. The molecule has 2 rings (SSSR count). The van der Waals surface area contributed by atoms with Gasteiger partial charge >= 0.3 is 18.1 Å². The van der Waals surface area contributed by atoms with Gasteiger partial charge in [0.05, 0.1) is 5.56 Å². The first-order chi connectivity index (χ1) is 13.1. The average Bonchev–Trinajstić information content (AvgIpc) is 2.63. The average molecular weight is 415 g/mol. The Kier molecular flexibility index (Phi) is 6.63. The molecule has 0 saturated heterocycles. The van der Waals surface area contributed by atoms with Gasteiger partial charge in [-0.3, -0.25) is 9.59 Å². The molecule has 28 heavy (non-hydrogen) atoms. The number of hydrogen-bond acceptors (Lipinski definition) is 4. The summed E-state index contributed by atoms with van der Waals surface area (Å²) < 4.78 is 41.4. The summed E-state index contributed by atoms with van der Waals surface area (Å²) in [5.74, 6) is -3.57. The summed E-state index contributed by atoms with van der Waals surface area (Å²) in [5.41, 5.74) is 0.975. The second-order valence-corrected chi connectivity index (χ2v) is 5.97. The third-order valence-corrected chi connectivity index (χ3v) is 3.92. The van der Waals surface area contributed by atoms with Gasteiger partial charge in [0.25, 0.3) is 5.91 Å². The van der Waals surface area contributed by atoms with Gasteiger partial charge in [0.15, 0.2) is 6.61 Å². The molecule has 148 valence electrons. The first-order valence-corrected chi connectivity index (χ1v) is 8.16. The summed E-state index contributed by atoms with van der Waals surface area (Å²) in [6.45, 7) is 1.14. The third kappa shape index (κ3) is 5.71. The van der Waals surface area contributed by atoms with Crippen LogP contribution in [0.4, 0.5) is 24.5 Å². The second kappa shape index (κ2) is 8.75. The standard InChI is InChI=1S/C18H14ClF3N2O4/c1-10-13(19)3-2-4-14(10)24-15(25)9-28-16(26)11-5-7-12(8-6-11)23-17(27)18(20,21)22/h2-8H,9H2,1H3,(H,23,27)(H,24,25). The van der Waals surface area contributed by atoms with Crippen LogP contribution in [0.2, 0.25) is 5.02 Å². The number of alkyl halides is 3. The zero-order valence-corrected chi connectivity index (χ0v) is 15.1. The fourth-order valence-corrected chi connectivity index (χ4v) is 2.21. The third-order valence-electron chi connectivity index (χ3n) is 3.51. The van der Waals surface area contributed by atoms with E-state index in [9.17, 15) is 27.6 Å². The Morgan fingerprint density at radius 1 is 1.04 bits per heavy atom. The molecular formula is C18H14ClF3N2O4. The largest absolute Gasteiger partial charge is 0.471 e. The van der Waals surface area contributed by atoms with E-state index in [1.807, 2.05) is 0 Å². The zero-order chi connectivity index (χ0) is 20.9. The number of esters is 1. The fourth-order valence-electron chi connectivity index (χ4n) is 2.04. The molecule has 0 radical (unpaired) electrons. The van der Waals surface area contributed by atoms with Gasteiger partial charge in [-0.1, -0.05) is 17.7 Å². The molecule has 0 bridgehead atoms. The van der Waals surface area contributed by atoms with Crippen LogP contribution in [-0.2, 0) is 14.3 Å². The summed E-state index contributed by atoms with van der Waals surface area (Å²) in [5, 5.41) is 4.66. The van der Waals surface area contributed by atoms with Crippen molar-refractivity contribution in [2.24, 2.45) is 0 Å². The van der Waals surface area contributed by atoms with Crippen LogP contribution in [0, 0.1) is 6.92 Å². The van der Waals surface area contributed by atoms with Crippen molar-refractivity contribution in [3.63, 3.8) is 0 Å². The van der Waals surface area contributed by atoms with Crippen molar-refractivity contribution in [2.75, 3.05) is 17.2 Å². The molecule has 0 heterocycles. The molecule has 0 aromatic heterocycles. The number of benzene rings is 2. The second-order valence-electron chi connectivity index (χ2n) is 5.57. The van der Waals surface area contributed by atoms with E-state index in [-0.39, 0.29) is 11.3 Å². The van der Waals surface area contributed by atoms with Crippen LogP contribution >= 0.6 is 11.6 Å². The van der Waals surface area contributed by atoms with Crippen molar-refractivity contribution in [3.05, 3.63) is 58.6 Å². The molecule has 0 aliphatic rings. The minimum Gasteiger partial charge on any atom is -0.452 e. The predicted molar refractivity (Wildman–Crippen MR) is 96.2 cm³/mol. The number of carbonyl (C=O) groups excluding carboxylic acids is 3. The van der Waals surface area contributed by atoms with Gasteiger partial charge in [-0.25, -0.2) is 4.79 Å². The summed E-state index contributed by atoms with van der Waals surface area (Å²) in [4.78, 5) is 34.7. The molecule has 0 atom stereocenters. The highest BCUT2D eigenvalue weighted by molar-refractivity contribution is 6.31. The molecular weight excluding hydrogens is 401 g/mol. The van der Waals surface area contributed by atoms with Crippen molar-refractivity contribution >= 4 is 40.8 Å². The summed E-state index contributed by atoms with van der Waals surface area (Å²) >= 11 is 5.95. The van der Waals surface area contributed by atoms with Crippen molar-refractivity contribution < 1.29 is 32.3 Å². The van der Waals surface area contributed by atoms with Gasteiger partial charge in [0.1, 0.15) is 0 Å². The Hall–Kier alpha value is -3.07. The lowest BCUT2D eigenvalue weighted by Gasteiger charge is -2.10. The molecule has 2 amide bonds. The monoisotopic (exact) mass is 414 g/mol. The van der Waals surface area contributed by atoms with Crippen LogP contribution in [-0.4, -0.2) is 30.6 Å². The van der Waals surface area contributed by atoms with Gasteiger partial charge in [-0.2, -0.15) is 13.2 Å². The predicted octanol–water partition coefficient (Wildman–Crippen LogP) is 3.94. The number of amides is 2. The van der Waals surface area contributed by atoms with E-state index < -0.39 is 30.6 Å². The van der Waals surface area contributed by atoms with Gasteiger partial charge in [0.2, 0.25) is 0 Å². The van der Waals surface area contributed by atoms with E-state index in [0.717, 1.165) is 24.3 Å². The molecule has 2 aromatic carbocycles. The molecule has 10 heteroatoms. The van der Waals surface area contributed by atoms with E-state index in [1.54, 1.807) is 30.4 Å². The van der Waals surface area contributed by atoms with Crippen LogP contribution in [0.1, 0.15) is 15.9 Å². The van der Waals surface area contributed by atoms with Crippen LogP contribution in [0.15, 0.2) is 42.5 Å². The van der Waals surface area contributed by atoms with Gasteiger partial charge in [-0.05, 0) is 48.9 Å². The van der Waals surface area contributed by atoms with E-state index in [0.29, 0.717) is 16.3 Å². The number of halogens is 4. The molecule has 0 spiro atoms. The highest BCUT2D eigenvalue weighted by Crippen LogP contribution is 2.23. The summed E-state index contributed by atoms with van der Waals surface area (Å²) in [6.07, 6.45) is -5.02. The minimum absolute atomic E-state index is 0.00302. The number of nitrogens with one attached hydrogen (secondary N) is 2. The molecule has 0 saturated carbocycles. The Bertz CT molecular complexity index is 899. The van der Waals surface area contributed by atoms with E-state index >= 15 is 0 Å². The number of hydrogen-bond donors (Lipinski definition) is 2. The lowest BCUT2D eigenvalue weighted by molar-refractivity contribution is -0.167. The van der Waals surface area contributed by atoms with Crippen molar-refractivity contribution in [1.29, 1.82) is 0 Å². The highest BCUT2D eigenvalue weighted by Gasteiger charge is 2.38. The van der Waals surface area contributed by atoms with Crippen LogP contribution < -0.4 is 10.6 Å². The Balaban J connectivity index is 1.90. The van der Waals surface area contributed by atoms with Gasteiger partial charge in [0, 0.05) is 16.4 Å². The normalized spacial score (nSPS) is 10.9. The molecule has 0 aliphatic carbocycles. The lowest BCUT2D eigenvalue weighted by atomic mass is 10.2. The Morgan fingerprint density at radius 3 is 2.29 bits per heavy atom. The van der Waals surface area contributed by atoms with E-state index in [2.05, 4.69) is 5.32 Å². The minimum atomic E-state index is -5.02. The molecule has 2 aromatic rings. The van der Waals surface area contributed by atoms with E-state index in [1.165, 1.54) is 0 Å². The van der Waals surface area contributed by atoms with Gasteiger partial charge < -0.3 is 15.4 Å². The van der Waals surface area contributed by atoms with Crippen LogP contribution in [0.5, 0.6) is 0 Å². The summed E-state index contributed by atoms with van der Waals surface area (Å²) in [6, 6.07) is 9.48. The molecule has 6 nitrogen and oxygen atoms in total. The topological polar surface area (TPSA) is 84.5 Å². The first-order valence-electron chi connectivity index (χ1n) is 7.78. The van der Waals surface area contributed by atoms with E-state index in [4.69, 9.17) is 16.3 Å².